The first-order chi connectivity index (χ1) is 9.74. The smallest absolute Gasteiger partial charge is 0.243 e. The Labute approximate surface area is 120 Å². The zero-order chi connectivity index (χ0) is 13.9. The van der Waals surface area contributed by atoms with E-state index in [1.54, 1.807) is 0 Å². The minimum absolute atomic E-state index is 0.0728. The van der Waals surface area contributed by atoms with Gasteiger partial charge in [0.15, 0.2) is 0 Å². The number of carbonyl (C=O) groups excluding carboxylic acids is 2. The highest BCUT2D eigenvalue weighted by Gasteiger charge is 2.36. The SMILES string of the molecule is O=C(NC1CC1)C1CCCN1C(=O)CC1CCNCC1. The van der Waals surface area contributed by atoms with Crippen LogP contribution in [0, 0.1) is 5.92 Å². The van der Waals surface area contributed by atoms with Gasteiger partial charge in [-0.05, 0) is 57.5 Å². The lowest BCUT2D eigenvalue weighted by molar-refractivity contribution is -0.139. The second kappa shape index (κ2) is 6.12. The van der Waals surface area contributed by atoms with Gasteiger partial charge in [0.2, 0.25) is 11.8 Å². The number of carbonyl (C=O) groups is 2. The van der Waals surface area contributed by atoms with Crippen molar-refractivity contribution in [3.8, 4) is 0 Å². The van der Waals surface area contributed by atoms with Crippen LogP contribution in [0.5, 0.6) is 0 Å². The van der Waals surface area contributed by atoms with Crippen molar-refractivity contribution in [3.05, 3.63) is 0 Å². The first-order valence-electron chi connectivity index (χ1n) is 8.04. The topological polar surface area (TPSA) is 61.4 Å². The Morgan fingerprint density at radius 1 is 1.10 bits per heavy atom. The molecule has 5 heteroatoms. The van der Waals surface area contributed by atoms with Gasteiger partial charge >= 0.3 is 0 Å². The molecule has 2 heterocycles. The zero-order valence-corrected chi connectivity index (χ0v) is 12.1. The summed E-state index contributed by atoms with van der Waals surface area (Å²) in [4.78, 5) is 26.5. The summed E-state index contributed by atoms with van der Waals surface area (Å²) in [5, 5.41) is 6.37. The Hall–Kier alpha value is -1.10. The van der Waals surface area contributed by atoms with Crippen molar-refractivity contribution in [1.29, 1.82) is 0 Å². The van der Waals surface area contributed by atoms with Crippen LogP contribution in [0.1, 0.15) is 44.9 Å². The number of hydrogen-bond donors (Lipinski definition) is 2. The number of piperidine rings is 1. The first-order valence-corrected chi connectivity index (χ1v) is 8.04. The maximum atomic E-state index is 12.5. The molecule has 20 heavy (non-hydrogen) atoms. The van der Waals surface area contributed by atoms with Crippen molar-refractivity contribution in [2.75, 3.05) is 19.6 Å². The molecule has 2 saturated heterocycles. The molecule has 2 N–H and O–H groups in total. The Balaban J connectivity index is 1.53. The number of likely N-dealkylation sites (tertiary alicyclic amines) is 1. The molecule has 0 aromatic rings. The summed E-state index contributed by atoms with van der Waals surface area (Å²) in [6.07, 6.45) is 6.77. The van der Waals surface area contributed by atoms with E-state index in [1.807, 2.05) is 4.90 Å². The molecular formula is C15H25N3O2. The molecule has 1 saturated carbocycles. The lowest BCUT2D eigenvalue weighted by Crippen LogP contribution is -2.47. The third-order valence-corrected chi connectivity index (χ3v) is 4.72. The van der Waals surface area contributed by atoms with Crippen LogP contribution in [0.4, 0.5) is 0 Å². The van der Waals surface area contributed by atoms with Crippen LogP contribution < -0.4 is 10.6 Å². The molecule has 2 amide bonds. The number of rotatable bonds is 4. The molecule has 3 rings (SSSR count). The second-order valence-electron chi connectivity index (χ2n) is 6.43. The molecule has 2 aliphatic heterocycles. The summed E-state index contributed by atoms with van der Waals surface area (Å²) in [5.74, 6) is 0.755. The Morgan fingerprint density at radius 3 is 2.55 bits per heavy atom. The maximum Gasteiger partial charge on any atom is 0.243 e. The highest BCUT2D eigenvalue weighted by molar-refractivity contribution is 5.88. The highest BCUT2D eigenvalue weighted by Crippen LogP contribution is 2.25. The van der Waals surface area contributed by atoms with Gasteiger partial charge in [0, 0.05) is 19.0 Å². The van der Waals surface area contributed by atoms with Crippen molar-refractivity contribution in [2.45, 2.75) is 57.0 Å². The summed E-state index contributed by atoms with van der Waals surface area (Å²) in [6, 6.07) is 0.175. The summed E-state index contributed by atoms with van der Waals surface area (Å²) < 4.78 is 0. The van der Waals surface area contributed by atoms with Gasteiger partial charge in [-0.3, -0.25) is 9.59 Å². The van der Waals surface area contributed by atoms with Crippen LogP contribution >= 0.6 is 0 Å². The molecule has 0 spiro atoms. The van der Waals surface area contributed by atoms with Crippen molar-refractivity contribution >= 4 is 11.8 Å². The van der Waals surface area contributed by atoms with Gasteiger partial charge in [0.1, 0.15) is 6.04 Å². The Bertz CT molecular complexity index is 375. The van der Waals surface area contributed by atoms with Crippen molar-refractivity contribution in [2.24, 2.45) is 5.92 Å². The first kappa shape index (κ1) is 13.9. The fourth-order valence-electron chi connectivity index (χ4n) is 3.31. The van der Waals surface area contributed by atoms with E-state index in [-0.39, 0.29) is 17.9 Å². The molecule has 0 bridgehead atoms. The molecule has 3 fully saturated rings. The summed E-state index contributed by atoms with van der Waals surface area (Å²) in [5.41, 5.74) is 0. The minimum atomic E-state index is -0.204. The molecule has 1 unspecified atom stereocenters. The van der Waals surface area contributed by atoms with E-state index >= 15 is 0 Å². The van der Waals surface area contributed by atoms with Crippen molar-refractivity contribution < 1.29 is 9.59 Å². The van der Waals surface area contributed by atoms with E-state index in [4.69, 9.17) is 0 Å². The largest absolute Gasteiger partial charge is 0.352 e. The number of hydrogen-bond acceptors (Lipinski definition) is 3. The van der Waals surface area contributed by atoms with Gasteiger partial charge < -0.3 is 15.5 Å². The van der Waals surface area contributed by atoms with Crippen molar-refractivity contribution in [1.82, 2.24) is 15.5 Å². The third kappa shape index (κ3) is 3.32. The van der Waals surface area contributed by atoms with E-state index in [0.29, 0.717) is 18.4 Å². The number of nitrogens with one attached hydrogen (secondary N) is 2. The predicted molar refractivity (Wildman–Crippen MR) is 76.1 cm³/mol. The van der Waals surface area contributed by atoms with E-state index in [1.165, 1.54) is 0 Å². The lowest BCUT2D eigenvalue weighted by atomic mass is 9.94. The van der Waals surface area contributed by atoms with E-state index < -0.39 is 0 Å². The Morgan fingerprint density at radius 2 is 1.85 bits per heavy atom. The fourth-order valence-corrected chi connectivity index (χ4v) is 3.31. The van der Waals surface area contributed by atoms with Gasteiger partial charge in [0.05, 0.1) is 0 Å². The van der Waals surface area contributed by atoms with E-state index in [0.717, 1.165) is 58.2 Å². The minimum Gasteiger partial charge on any atom is -0.352 e. The summed E-state index contributed by atoms with van der Waals surface area (Å²) >= 11 is 0. The van der Waals surface area contributed by atoms with E-state index in [9.17, 15) is 9.59 Å². The Kier molecular flexibility index (Phi) is 4.24. The third-order valence-electron chi connectivity index (χ3n) is 4.72. The lowest BCUT2D eigenvalue weighted by Gasteiger charge is -2.28. The number of nitrogens with zero attached hydrogens (tertiary/aromatic N) is 1. The van der Waals surface area contributed by atoms with Gasteiger partial charge in [0.25, 0.3) is 0 Å². The monoisotopic (exact) mass is 279 g/mol. The molecule has 112 valence electrons. The molecule has 5 nitrogen and oxygen atoms in total. The molecule has 0 aromatic carbocycles. The van der Waals surface area contributed by atoms with Gasteiger partial charge in [-0.25, -0.2) is 0 Å². The predicted octanol–water partition coefficient (Wildman–Crippen LogP) is 0.646. The quantitative estimate of drug-likeness (QED) is 0.794. The molecule has 0 aromatic heterocycles. The van der Waals surface area contributed by atoms with Crippen LogP contribution in [0.25, 0.3) is 0 Å². The highest BCUT2D eigenvalue weighted by atomic mass is 16.2. The van der Waals surface area contributed by atoms with Gasteiger partial charge in [-0.1, -0.05) is 0 Å². The zero-order valence-electron chi connectivity index (χ0n) is 12.1. The molecule has 1 atom stereocenters. The summed E-state index contributed by atoms with van der Waals surface area (Å²) in [6.45, 7) is 2.79. The maximum absolute atomic E-state index is 12.5. The van der Waals surface area contributed by atoms with Crippen LogP contribution in [-0.4, -0.2) is 48.4 Å². The van der Waals surface area contributed by atoms with Gasteiger partial charge in [-0.15, -0.1) is 0 Å². The number of amides is 2. The fraction of sp³-hybridized carbons (Fsp3) is 0.867. The average Bonchev–Trinajstić information content (AvgIpc) is 3.12. The standard InChI is InChI=1S/C15H25N3O2/c19-14(10-11-5-7-16-8-6-11)18-9-1-2-13(18)15(20)17-12-3-4-12/h11-13,16H,1-10H2,(H,17,20). The average molecular weight is 279 g/mol. The van der Waals surface area contributed by atoms with Crippen LogP contribution in [-0.2, 0) is 9.59 Å². The van der Waals surface area contributed by atoms with Crippen molar-refractivity contribution in [3.63, 3.8) is 0 Å². The molecule has 0 radical (unpaired) electrons. The normalized spacial score (nSPS) is 27.6. The van der Waals surface area contributed by atoms with E-state index in [2.05, 4.69) is 10.6 Å². The second-order valence-corrected chi connectivity index (χ2v) is 6.43. The molecule has 3 aliphatic rings. The molecule has 1 aliphatic carbocycles. The summed E-state index contributed by atoms with van der Waals surface area (Å²) in [7, 11) is 0. The van der Waals surface area contributed by atoms with Gasteiger partial charge in [-0.2, -0.15) is 0 Å². The van der Waals surface area contributed by atoms with Crippen LogP contribution in [0.3, 0.4) is 0 Å². The molecular weight excluding hydrogens is 254 g/mol. The van der Waals surface area contributed by atoms with Crippen LogP contribution in [0.15, 0.2) is 0 Å². The van der Waals surface area contributed by atoms with Crippen LogP contribution in [0.2, 0.25) is 0 Å².